The number of nitrogens with one attached hydrogen (secondary N) is 2. The highest BCUT2D eigenvalue weighted by atomic mass is 16.5. The van der Waals surface area contributed by atoms with Crippen LogP contribution in [0, 0.1) is 13.8 Å². The third-order valence-electron chi connectivity index (χ3n) is 6.95. The van der Waals surface area contributed by atoms with Gasteiger partial charge in [-0.3, -0.25) is 9.59 Å². The fraction of sp³-hybridized carbons (Fsp3) is 0.448. The number of ether oxygens (including phenoxy) is 2. The highest BCUT2D eigenvalue weighted by Crippen LogP contribution is 2.45. The molecular weight excluding hydrogens is 456 g/mol. The second-order valence-corrected chi connectivity index (χ2v) is 9.36. The Bertz CT molecular complexity index is 1130. The zero-order valence-corrected chi connectivity index (χ0v) is 22.2. The molecule has 7 heteroatoms. The van der Waals surface area contributed by atoms with Crippen molar-refractivity contribution in [3.63, 3.8) is 0 Å². The first-order chi connectivity index (χ1) is 17.2. The van der Waals surface area contributed by atoms with Crippen LogP contribution < -0.4 is 20.1 Å². The number of methoxy groups -OCH3 is 2. The molecule has 3 rings (SSSR count). The number of amides is 1. The molecule has 0 aromatic heterocycles. The maximum absolute atomic E-state index is 12.8. The minimum atomic E-state index is -1.08. The van der Waals surface area contributed by atoms with E-state index >= 15 is 0 Å². The van der Waals surface area contributed by atoms with Crippen LogP contribution in [0.4, 0.5) is 5.69 Å². The SMILES string of the molecule is CC/C(=C\c1c(C)c(OC)c(-c2ccc(NC3CCCC3)cc2)c(C)c1OC)C(=O)N[C@H](C)C(=O)O. The van der Waals surface area contributed by atoms with Crippen molar-refractivity contribution in [2.75, 3.05) is 19.5 Å². The summed E-state index contributed by atoms with van der Waals surface area (Å²) >= 11 is 0. The van der Waals surface area contributed by atoms with Crippen molar-refractivity contribution in [3.8, 4) is 22.6 Å². The van der Waals surface area contributed by atoms with Crippen LogP contribution in [0.3, 0.4) is 0 Å². The largest absolute Gasteiger partial charge is 0.496 e. The second-order valence-electron chi connectivity index (χ2n) is 9.36. The topological polar surface area (TPSA) is 96.9 Å². The van der Waals surface area contributed by atoms with Gasteiger partial charge in [0.2, 0.25) is 5.91 Å². The predicted octanol–water partition coefficient (Wildman–Crippen LogP) is 5.72. The summed E-state index contributed by atoms with van der Waals surface area (Å²) in [6, 6.07) is 7.95. The molecule has 0 aliphatic heterocycles. The summed E-state index contributed by atoms with van der Waals surface area (Å²) in [7, 11) is 3.26. The molecule has 1 aliphatic carbocycles. The average molecular weight is 495 g/mol. The van der Waals surface area contributed by atoms with Crippen molar-refractivity contribution in [2.45, 2.75) is 71.9 Å². The van der Waals surface area contributed by atoms with Crippen molar-refractivity contribution >= 4 is 23.6 Å². The summed E-state index contributed by atoms with van der Waals surface area (Å²) < 4.78 is 11.7. The Balaban J connectivity index is 2.03. The summed E-state index contributed by atoms with van der Waals surface area (Å²) in [5.41, 5.74) is 6.01. The van der Waals surface area contributed by atoms with Crippen molar-refractivity contribution in [1.29, 1.82) is 0 Å². The Morgan fingerprint density at radius 1 is 1.06 bits per heavy atom. The van der Waals surface area contributed by atoms with E-state index in [-0.39, 0.29) is 0 Å². The van der Waals surface area contributed by atoms with Gasteiger partial charge in [-0.2, -0.15) is 0 Å². The van der Waals surface area contributed by atoms with Gasteiger partial charge in [-0.25, -0.2) is 0 Å². The van der Waals surface area contributed by atoms with E-state index in [0.717, 1.165) is 33.5 Å². The lowest BCUT2D eigenvalue weighted by Gasteiger charge is -2.22. The van der Waals surface area contributed by atoms with Gasteiger partial charge in [0.15, 0.2) is 0 Å². The van der Waals surface area contributed by atoms with Crippen molar-refractivity contribution in [2.24, 2.45) is 0 Å². The Morgan fingerprint density at radius 2 is 1.67 bits per heavy atom. The van der Waals surface area contributed by atoms with Gasteiger partial charge in [0.25, 0.3) is 0 Å². The fourth-order valence-corrected chi connectivity index (χ4v) is 4.90. The molecule has 3 N–H and O–H groups in total. The smallest absolute Gasteiger partial charge is 0.325 e. The Morgan fingerprint density at radius 3 is 2.19 bits per heavy atom. The molecule has 1 aliphatic rings. The lowest BCUT2D eigenvalue weighted by atomic mass is 9.90. The number of carboxylic acids is 1. The summed E-state index contributed by atoms with van der Waals surface area (Å²) in [6.07, 6.45) is 7.20. The standard InChI is InChI=1S/C29H38N2O5/c1-7-20(28(32)30-19(4)29(33)34)16-24-17(2)27(36-6)25(18(3)26(24)35-5)21-12-14-23(15-13-21)31-22-10-8-9-11-22/h12-16,19,22,31H,7-11H2,1-6H3,(H,30,32)(H,33,34)/b20-16+/t19-/m1/s1. The molecule has 1 fully saturated rings. The molecule has 194 valence electrons. The molecule has 2 aromatic rings. The molecule has 0 spiro atoms. The summed E-state index contributed by atoms with van der Waals surface area (Å²) in [6.45, 7) is 7.22. The van der Waals surface area contributed by atoms with Crippen LogP contribution in [-0.2, 0) is 9.59 Å². The van der Waals surface area contributed by atoms with Gasteiger partial charge >= 0.3 is 5.97 Å². The van der Waals surface area contributed by atoms with Crippen molar-refractivity contribution < 1.29 is 24.2 Å². The number of rotatable bonds is 10. The minimum Gasteiger partial charge on any atom is -0.496 e. The van der Waals surface area contributed by atoms with E-state index in [1.54, 1.807) is 20.3 Å². The zero-order chi connectivity index (χ0) is 26.4. The third kappa shape index (κ3) is 5.83. The molecule has 1 atom stereocenters. The number of anilines is 1. The lowest BCUT2D eigenvalue weighted by molar-refractivity contribution is -0.140. The molecule has 2 aromatic carbocycles. The predicted molar refractivity (Wildman–Crippen MR) is 144 cm³/mol. The maximum Gasteiger partial charge on any atom is 0.325 e. The van der Waals surface area contributed by atoms with Gasteiger partial charge in [0.05, 0.1) is 14.2 Å². The highest BCUT2D eigenvalue weighted by molar-refractivity contribution is 6.00. The van der Waals surface area contributed by atoms with E-state index in [2.05, 4.69) is 34.9 Å². The summed E-state index contributed by atoms with van der Waals surface area (Å²) in [4.78, 5) is 24.0. The lowest BCUT2D eigenvalue weighted by Crippen LogP contribution is -2.39. The number of aliphatic carboxylic acids is 1. The quantitative estimate of drug-likeness (QED) is 0.365. The number of carbonyl (C=O) groups excluding carboxylic acids is 1. The first kappa shape index (κ1) is 27.1. The van der Waals surface area contributed by atoms with Crippen molar-refractivity contribution in [1.82, 2.24) is 5.32 Å². The normalized spacial score (nSPS) is 14.9. The molecule has 0 heterocycles. The number of hydrogen-bond donors (Lipinski definition) is 3. The Hall–Kier alpha value is -3.48. The average Bonchev–Trinajstić information content (AvgIpc) is 3.37. The van der Waals surface area contributed by atoms with Crippen molar-refractivity contribution in [3.05, 3.63) is 46.5 Å². The molecule has 0 radical (unpaired) electrons. The summed E-state index contributed by atoms with van der Waals surface area (Å²) in [5.74, 6) is -0.133. The van der Waals surface area contributed by atoms with E-state index in [0.29, 0.717) is 29.5 Å². The molecule has 0 bridgehead atoms. The molecule has 1 amide bonds. The number of carboxylic acid groups (broad SMARTS) is 1. The first-order valence-corrected chi connectivity index (χ1v) is 12.6. The van der Waals surface area contributed by atoms with Gasteiger partial charge in [-0.05, 0) is 63.8 Å². The minimum absolute atomic E-state index is 0.417. The van der Waals surface area contributed by atoms with E-state index in [1.165, 1.54) is 32.6 Å². The van der Waals surface area contributed by atoms with Gasteiger partial charge in [0.1, 0.15) is 17.5 Å². The number of hydrogen-bond acceptors (Lipinski definition) is 5. The molecule has 0 saturated heterocycles. The van der Waals surface area contributed by atoms with E-state index in [1.807, 2.05) is 20.8 Å². The van der Waals surface area contributed by atoms with E-state index in [4.69, 9.17) is 14.6 Å². The highest BCUT2D eigenvalue weighted by Gasteiger charge is 2.23. The van der Waals surface area contributed by atoms with Crippen LogP contribution in [0.1, 0.15) is 62.6 Å². The Labute approximate surface area is 213 Å². The second kappa shape index (κ2) is 12.0. The van der Waals surface area contributed by atoms with Crippen LogP contribution >= 0.6 is 0 Å². The molecule has 0 unspecified atom stereocenters. The van der Waals surface area contributed by atoms with Crippen LogP contribution in [0.15, 0.2) is 29.8 Å². The van der Waals surface area contributed by atoms with E-state index < -0.39 is 17.9 Å². The molecule has 1 saturated carbocycles. The first-order valence-electron chi connectivity index (χ1n) is 12.6. The molecular formula is C29H38N2O5. The van der Waals surface area contributed by atoms with Crippen LogP contribution in [0.25, 0.3) is 17.2 Å². The van der Waals surface area contributed by atoms with Gasteiger partial charge in [-0.1, -0.05) is 31.9 Å². The molecule has 36 heavy (non-hydrogen) atoms. The van der Waals surface area contributed by atoms with E-state index in [9.17, 15) is 9.59 Å². The summed E-state index contributed by atoms with van der Waals surface area (Å²) in [5, 5.41) is 15.3. The molecule has 7 nitrogen and oxygen atoms in total. The van der Waals surface area contributed by atoms with Gasteiger partial charge < -0.3 is 25.2 Å². The monoisotopic (exact) mass is 494 g/mol. The maximum atomic E-state index is 12.8. The number of benzene rings is 2. The van der Waals surface area contributed by atoms with Crippen LogP contribution in [0.2, 0.25) is 0 Å². The van der Waals surface area contributed by atoms with Gasteiger partial charge in [0, 0.05) is 39.6 Å². The number of carbonyl (C=O) groups is 2. The van der Waals surface area contributed by atoms with Crippen LogP contribution in [0.5, 0.6) is 11.5 Å². The zero-order valence-electron chi connectivity index (χ0n) is 22.2. The Kier molecular flexibility index (Phi) is 9.02. The van der Waals surface area contributed by atoms with Crippen LogP contribution in [-0.4, -0.2) is 43.3 Å². The van der Waals surface area contributed by atoms with Gasteiger partial charge in [-0.15, -0.1) is 0 Å². The fourth-order valence-electron chi connectivity index (χ4n) is 4.90. The third-order valence-corrected chi connectivity index (χ3v) is 6.95.